The van der Waals surface area contributed by atoms with Gasteiger partial charge in [0.05, 0.1) is 18.8 Å². The van der Waals surface area contributed by atoms with Crippen molar-refractivity contribution in [1.82, 2.24) is 0 Å². The summed E-state index contributed by atoms with van der Waals surface area (Å²) in [6, 6.07) is 3.64. The van der Waals surface area contributed by atoms with E-state index < -0.39 is 18.0 Å². The number of ether oxygens (including phenoxy) is 3. The molecule has 0 spiro atoms. The van der Waals surface area contributed by atoms with E-state index in [1.807, 2.05) is 19.1 Å². The predicted octanol–water partition coefficient (Wildman–Crippen LogP) is 1.35. The molecule has 0 aromatic heterocycles. The molecule has 2 aliphatic rings. The van der Waals surface area contributed by atoms with Crippen LogP contribution >= 0.6 is 0 Å². The Morgan fingerprint density at radius 3 is 2.55 bits per heavy atom. The Kier molecular flexibility index (Phi) is 4.92. The monoisotopic (exact) mass is 282 g/mol. The fourth-order valence-corrected chi connectivity index (χ4v) is 2.45. The number of rotatable bonds is 3. The summed E-state index contributed by atoms with van der Waals surface area (Å²) < 4.78 is 16.7. The third kappa shape index (κ3) is 3.45. The number of hydrogen-bond acceptors (Lipinski definition) is 7. The van der Waals surface area contributed by atoms with Crippen molar-refractivity contribution < 1.29 is 24.4 Å². The molecule has 4 atom stereocenters. The van der Waals surface area contributed by atoms with E-state index in [0.717, 1.165) is 12.8 Å². The molecule has 0 aliphatic carbocycles. The Hall–Kier alpha value is -1.22. The van der Waals surface area contributed by atoms with Crippen LogP contribution in [0.2, 0.25) is 0 Å². The lowest BCUT2D eigenvalue weighted by Crippen LogP contribution is -2.47. The second-order valence-electron chi connectivity index (χ2n) is 5.24. The van der Waals surface area contributed by atoms with Gasteiger partial charge in [0.1, 0.15) is 18.2 Å². The highest BCUT2D eigenvalue weighted by molar-refractivity contribution is 5.19. The van der Waals surface area contributed by atoms with Crippen molar-refractivity contribution in [2.45, 2.75) is 62.8 Å². The summed E-state index contributed by atoms with van der Waals surface area (Å²) in [5.74, 6) is 0. The topological polar surface area (TPSA) is 105 Å². The molecular weight excluding hydrogens is 264 g/mol. The number of nitriles is 2. The normalized spacial score (nSPS) is 36.8. The van der Waals surface area contributed by atoms with Crippen LogP contribution in [0.15, 0.2) is 0 Å². The Labute approximate surface area is 117 Å². The molecule has 2 fully saturated rings. The lowest BCUT2D eigenvalue weighted by molar-refractivity contribution is -0.329. The highest BCUT2D eigenvalue weighted by Gasteiger charge is 2.44. The Bertz CT molecular complexity index is 394. The molecule has 1 N–H and O–H groups in total. The van der Waals surface area contributed by atoms with Gasteiger partial charge in [-0.25, -0.2) is 4.89 Å². The van der Waals surface area contributed by atoms with Gasteiger partial charge in [-0.1, -0.05) is 0 Å². The summed E-state index contributed by atoms with van der Waals surface area (Å²) in [4.78, 5) is 4.29. The van der Waals surface area contributed by atoms with Crippen molar-refractivity contribution in [3.63, 3.8) is 0 Å². The van der Waals surface area contributed by atoms with Crippen molar-refractivity contribution in [3.8, 4) is 12.1 Å². The second-order valence-corrected chi connectivity index (χ2v) is 5.24. The second kappa shape index (κ2) is 6.49. The van der Waals surface area contributed by atoms with Crippen LogP contribution in [0.5, 0.6) is 0 Å². The summed E-state index contributed by atoms with van der Waals surface area (Å²) in [7, 11) is 0. The maximum absolute atomic E-state index is 9.10. The van der Waals surface area contributed by atoms with E-state index in [9.17, 15) is 0 Å². The molecule has 0 radical (unpaired) electrons. The molecule has 0 aromatic carbocycles. The summed E-state index contributed by atoms with van der Waals surface area (Å²) in [5.41, 5.74) is -1.64. The van der Waals surface area contributed by atoms with Crippen molar-refractivity contribution in [1.29, 1.82) is 10.5 Å². The zero-order valence-corrected chi connectivity index (χ0v) is 11.3. The Balaban J connectivity index is 1.97. The first-order valence-corrected chi connectivity index (χ1v) is 6.68. The van der Waals surface area contributed by atoms with Crippen LogP contribution < -0.4 is 0 Å². The third-order valence-electron chi connectivity index (χ3n) is 3.62. The molecule has 7 heteroatoms. The van der Waals surface area contributed by atoms with Gasteiger partial charge in [-0.05, 0) is 19.8 Å². The Morgan fingerprint density at radius 1 is 1.25 bits per heavy atom. The van der Waals surface area contributed by atoms with Crippen LogP contribution in [-0.2, 0) is 19.1 Å². The standard InChI is InChI=1S/C13H18N2O5/c1-9-2-3-10(6-17-9)18-12-4-11(20-16)5-13(7-14,8-15)19-12/h9-12,16H,2-6H2,1H3/t9?,10-,11+,12?/m0/s1. The molecule has 0 amide bonds. The first-order valence-electron chi connectivity index (χ1n) is 6.68. The minimum atomic E-state index is -1.64. The van der Waals surface area contributed by atoms with Crippen molar-refractivity contribution >= 4 is 0 Å². The molecule has 0 aromatic rings. The van der Waals surface area contributed by atoms with Crippen molar-refractivity contribution in [3.05, 3.63) is 0 Å². The van der Waals surface area contributed by atoms with E-state index in [1.54, 1.807) is 0 Å². The molecule has 0 bridgehead atoms. The summed E-state index contributed by atoms with van der Waals surface area (Å²) >= 11 is 0. The highest BCUT2D eigenvalue weighted by Crippen LogP contribution is 2.31. The third-order valence-corrected chi connectivity index (χ3v) is 3.62. The number of hydrogen-bond donors (Lipinski definition) is 1. The van der Waals surface area contributed by atoms with Gasteiger partial charge in [0, 0.05) is 12.8 Å². The van der Waals surface area contributed by atoms with Gasteiger partial charge in [-0.15, -0.1) is 0 Å². The summed E-state index contributed by atoms with van der Waals surface area (Å²) in [6.45, 7) is 2.46. The molecule has 2 unspecified atom stereocenters. The summed E-state index contributed by atoms with van der Waals surface area (Å²) in [6.07, 6.45) is 0.647. The molecule has 7 nitrogen and oxygen atoms in total. The van der Waals surface area contributed by atoms with Crippen LogP contribution in [0.25, 0.3) is 0 Å². The van der Waals surface area contributed by atoms with E-state index in [-0.39, 0.29) is 25.0 Å². The number of nitrogens with zero attached hydrogens (tertiary/aromatic N) is 2. The molecule has 2 heterocycles. The van der Waals surface area contributed by atoms with Crippen LogP contribution in [-0.4, -0.2) is 42.1 Å². The maximum Gasteiger partial charge on any atom is 0.245 e. The van der Waals surface area contributed by atoms with E-state index in [0.29, 0.717) is 6.61 Å². The maximum atomic E-state index is 9.10. The average molecular weight is 282 g/mol. The van der Waals surface area contributed by atoms with Gasteiger partial charge in [0.2, 0.25) is 5.60 Å². The predicted molar refractivity (Wildman–Crippen MR) is 65.1 cm³/mol. The van der Waals surface area contributed by atoms with Crippen LogP contribution in [0.4, 0.5) is 0 Å². The van der Waals surface area contributed by atoms with Crippen LogP contribution in [0, 0.1) is 22.7 Å². The van der Waals surface area contributed by atoms with Crippen molar-refractivity contribution in [2.24, 2.45) is 0 Å². The smallest absolute Gasteiger partial charge is 0.245 e. The van der Waals surface area contributed by atoms with Crippen LogP contribution in [0.3, 0.4) is 0 Å². The van der Waals surface area contributed by atoms with Gasteiger partial charge in [0.15, 0.2) is 6.29 Å². The largest absolute Gasteiger partial charge is 0.376 e. The molecule has 2 rings (SSSR count). The first-order chi connectivity index (χ1) is 9.60. The van der Waals surface area contributed by atoms with E-state index in [1.165, 1.54) is 0 Å². The fourth-order valence-electron chi connectivity index (χ4n) is 2.45. The molecule has 20 heavy (non-hydrogen) atoms. The minimum absolute atomic E-state index is 0.00540. The molecular formula is C13H18N2O5. The van der Waals surface area contributed by atoms with Gasteiger partial charge >= 0.3 is 0 Å². The quantitative estimate of drug-likeness (QED) is 0.615. The SMILES string of the molecule is CC1CC[C@H](OC2C[C@@H](OO)CC(C#N)(C#N)O2)CO1. The zero-order valence-electron chi connectivity index (χ0n) is 11.3. The molecule has 2 saturated heterocycles. The van der Waals surface area contributed by atoms with Gasteiger partial charge in [-0.2, -0.15) is 10.5 Å². The van der Waals surface area contributed by atoms with Crippen molar-refractivity contribution in [2.75, 3.05) is 6.61 Å². The van der Waals surface area contributed by atoms with E-state index in [4.69, 9.17) is 30.0 Å². The lowest BCUT2D eigenvalue weighted by Gasteiger charge is -2.37. The lowest BCUT2D eigenvalue weighted by atomic mass is 9.94. The summed E-state index contributed by atoms with van der Waals surface area (Å²) in [5, 5.41) is 27.0. The average Bonchev–Trinajstić information content (AvgIpc) is 2.49. The van der Waals surface area contributed by atoms with Gasteiger partial charge in [-0.3, -0.25) is 5.26 Å². The van der Waals surface area contributed by atoms with Gasteiger partial charge < -0.3 is 14.2 Å². The van der Waals surface area contributed by atoms with E-state index >= 15 is 0 Å². The van der Waals surface area contributed by atoms with E-state index in [2.05, 4.69) is 4.89 Å². The highest BCUT2D eigenvalue weighted by atomic mass is 17.1. The van der Waals surface area contributed by atoms with Crippen LogP contribution in [0.1, 0.15) is 32.6 Å². The molecule has 110 valence electrons. The molecule has 0 saturated carbocycles. The first kappa shape index (κ1) is 15.2. The minimum Gasteiger partial charge on any atom is -0.376 e. The zero-order chi connectivity index (χ0) is 14.6. The molecule has 2 aliphatic heterocycles. The van der Waals surface area contributed by atoms with Gasteiger partial charge in [0.25, 0.3) is 0 Å². The Morgan fingerprint density at radius 2 is 2.00 bits per heavy atom. The fraction of sp³-hybridized carbons (Fsp3) is 0.846.